The Morgan fingerprint density at radius 2 is 2.20 bits per heavy atom. The van der Waals surface area contributed by atoms with Crippen LogP contribution in [0.1, 0.15) is 23.1 Å². The Kier molecular flexibility index (Phi) is 2.57. The average molecular weight is 208 g/mol. The Balaban J connectivity index is 2.47. The van der Waals surface area contributed by atoms with Crippen molar-refractivity contribution in [3.63, 3.8) is 0 Å². The fourth-order valence-corrected chi connectivity index (χ4v) is 2.07. The van der Waals surface area contributed by atoms with E-state index in [-0.39, 0.29) is 12.7 Å². The third kappa shape index (κ3) is 1.67. The van der Waals surface area contributed by atoms with Crippen molar-refractivity contribution < 1.29 is 14.9 Å². The molecule has 0 saturated heterocycles. The maximum Gasteiger partial charge on any atom is 0.126 e. The Labute approximate surface area is 89.3 Å². The minimum atomic E-state index is -0.0971. The van der Waals surface area contributed by atoms with Gasteiger partial charge in [0.1, 0.15) is 17.6 Å². The van der Waals surface area contributed by atoms with Gasteiger partial charge in [0.15, 0.2) is 0 Å². The second-order valence-corrected chi connectivity index (χ2v) is 4.11. The summed E-state index contributed by atoms with van der Waals surface area (Å²) in [6, 6.07) is 1.72. The molecule has 0 bridgehead atoms. The number of benzene rings is 1. The first kappa shape index (κ1) is 10.3. The number of hydrogen-bond donors (Lipinski definition) is 2. The van der Waals surface area contributed by atoms with E-state index in [9.17, 15) is 5.11 Å². The first-order valence-corrected chi connectivity index (χ1v) is 5.23. The van der Waals surface area contributed by atoms with Crippen LogP contribution >= 0.6 is 0 Å². The number of phenolic OH excluding ortho intramolecular Hbond substituents is 1. The Morgan fingerprint density at radius 1 is 1.47 bits per heavy atom. The van der Waals surface area contributed by atoms with Gasteiger partial charge < -0.3 is 14.9 Å². The SMILES string of the molecule is Cc1cc(O)c(C)c2c1OC(CO)CC2. The molecular formula is C12H16O3. The molecule has 0 aromatic heterocycles. The molecule has 1 unspecified atom stereocenters. The van der Waals surface area contributed by atoms with E-state index in [4.69, 9.17) is 9.84 Å². The monoisotopic (exact) mass is 208 g/mol. The lowest BCUT2D eigenvalue weighted by Gasteiger charge is -2.27. The van der Waals surface area contributed by atoms with Gasteiger partial charge in [0.25, 0.3) is 0 Å². The molecule has 3 heteroatoms. The number of fused-ring (bicyclic) bond motifs is 1. The second-order valence-electron chi connectivity index (χ2n) is 4.11. The lowest BCUT2D eigenvalue weighted by atomic mass is 9.95. The summed E-state index contributed by atoms with van der Waals surface area (Å²) in [7, 11) is 0. The van der Waals surface area contributed by atoms with Gasteiger partial charge >= 0.3 is 0 Å². The van der Waals surface area contributed by atoms with Crippen LogP contribution in [0.15, 0.2) is 6.07 Å². The summed E-state index contributed by atoms with van der Waals surface area (Å²) >= 11 is 0. The quantitative estimate of drug-likeness (QED) is 0.738. The van der Waals surface area contributed by atoms with Crippen LogP contribution in [0.25, 0.3) is 0 Å². The number of phenols is 1. The van der Waals surface area contributed by atoms with Crippen LogP contribution in [0, 0.1) is 13.8 Å². The summed E-state index contributed by atoms with van der Waals surface area (Å²) in [4.78, 5) is 0. The van der Waals surface area contributed by atoms with Crippen LogP contribution in [-0.2, 0) is 6.42 Å². The van der Waals surface area contributed by atoms with E-state index < -0.39 is 0 Å². The van der Waals surface area contributed by atoms with Crippen molar-refractivity contribution in [3.8, 4) is 11.5 Å². The molecule has 1 aliphatic heterocycles. The number of rotatable bonds is 1. The predicted molar refractivity (Wildman–Crippen MR) is 57.4 cm³/mol. The standard InChI is InChI=1S/C12H16O3/c1-7-5-11(14)8(2)10-4-3-9(6-13)15-12(7)10/h5,9,13-14H,3-4,6H2,1-2H3. The van der Waals surface area contributed by atoms with E-state index >= 15 is 0 Å². The summed E-state index contributed by atoms with van der Waals surface area (Å²) in [5.74, 6) is 1.17. The van der Waals surface area contributed by atoms with Crippen molar-refractivity contribution in [1.29, 1.82) is 0 Å². The van der Waals surface area contributed by atoms with Crippen molar-refractivity contribution in [2.45, 2.75) is 32.8 Å². The van der Waals surface area contributed by atoms with Crippen LogP contribution in [-0.4, -0.2) is 22.9 Å². The molecule has 3 nitrogen and oxygen atoms in total. The van der Waals surface area contributed by atoms with Gasteiger partial charge in [0, 0.05) is 5.56 Å². The van der Waals surface area contributed by atoms with E-state index in [0.717, 1.165) is 35.3 Å². The maximum atomic E-state index is 9.67. The highest BCUT2D eigenvalue weighted by Crippen LogP contribution is 2.37. The number of ether oxygens (including phenoxy) is 1. The van der Waals surface area contributed by atoms with Gasteiger partial charge in [0.05, 0.1) is 6.61 Å². The van der Waals surface area contributed by atoms with Crippen LogP contribution in [0.4, 0.5) is 0 Å². The van der Waals surface area contributed by atoms with Gasteiger partial charge in [0.2, 0.25) is 0 Å². The van der Waals surface area contributed by atoms with Gasteiger partial charge in [-0.25, -0.2) is 0 Å². The second kappa shape index (κ2) is 3.74. The van der Waals surface area contributed by atoms with Crippen LogP contribution in [0.5, 0.6) is 11.5 Å². The predicted octanol–water partition coefficient (Wildman–Crippen LogP) is 1.69. The van der Waals surface area contributed by atoms with Crippen molar-refractivity contribution >= 4 is 0 Å². The van der Waals surface area contributed by atoms with Gasteiger partial charge in [-0.1, -0.05) is 0 Å². The molecule has 0 aliphatic carbocycles. The molecular weight excluding hydrogens is 192 g/mol. The largest absolute Gasteiger partial charge is 0.508 e. The first-order chi connectivity index (χ1) is 7.13. The summed E-state index contributed by atoms with van der Waals surface area (Å²) in [5, 5.41) is 18.7. The highest BCUT2D eigenvalue weighted by atomic mass is 16.5. The van der Waals surface area contributed by atoms with Crippen LogP contribution in [0.3, 0.4) is 0 Å². The molecule has 2 N–H and O–H groups in total. The molecule has 0 radical (unpaired) electrons. The normalized spacial score (nSPS) is 19.5. The lowest BCUT2D eigenvalue weighted by molar-refractivity contribution is 0.0967. The molecule has 0 spiro atoms. The minimum absolute atomic E-state index is 0.0544. The van der Waals surface area contributed by atoms with E-state index in [1.54, 1.807) is 6.07 Å². The molecule has 0 fully saturated rings. The molecule has 15 heavy (non-hydrogen) atoms. The number of aliphatic hydroxyl groups is 1. The van der Waals surface area contributed by atoms with Crippen molar-refractivity contribution in [2.75, 3.05) is 6.61 Å². The fraction of sp³-hybridized carbons (Fsp3) is 0.500. The molecule has 1 aromatic carbocycles. The van der Waals surface area contributed by atoms with Gasteiger partial charge in [-0.2, -0.15) is 0 Å². The summed E-state index contributed by atoms with van der Waals surface area (Å²) in [6.07, 6.45) is 1.58. The van der Waals surface area contributed by atoms with Gasteiger partial charge in [-0.05, 0) is 43.9 Å². The van der Waals surface area contributed by atoms with Crippen LogP contribution < -0.4 is 4.74 Å². The summed E-state index contributed by atoms with van der Waals surface area (Å²) in [6.45, 7) is 3.87. The third-order valence-electron chi connectivity index (χ3n) is 3.03. The molecule has 1 heterocycles. The molecule has 0 amide bonds. The van der Waals surface area contributed by atoms with Gasteiger partial charge in [-0.3, -0.25) is 0 Å². The Bertz CT molecular complexity index is 385. The van der Waals surface area contributed by atoms with E-state index in [0.29, 0.717) is 5.75 Å². The van der Waals surface area contributed by atoms with Crippen LogP contribution in [0.2, 0.25) is 0 Å². The lowest BCUT2D eigenvalue weighted by Crippen LogP contribution is -2.27. The maximum absolute atomic E-state index is 9.67. The Hall–Kier alpha value is -1.22. The summed E-state index contributed by atoms with van der Waals surface area (Å²) < 4.78 is 5.69. The summed E-state index contributed by atoms with van der Waals surface area (Å²) in [5.41, 5.74) is 2.91. The number of hydrogen-bond acceptors (Lipinski definition) is 3. The van der Waals surface area contributed by atoms with E-state index in [1.807, 2.05) is 13.8 Å². The van der Waals surface area contributed by atoms with Crippen molar-refractivity contribution in [2.24, 2.45) is 0 Å². The zero-order chi connectivity index (χ0) is 11.0. The minimum Gasteiger partial charge on any atom is -0.508 e. The number of aliphatic hydroxyl groups excluding tert-OH is 1. The smallest absolute Gasteiger partial charge is 0.126 e. The fourth-order valence-electron chi connectivity index (χ4n) is 2.07. The molecule has 1 aliphatic rings. The third-order valence-corrected chi connectivity index (χ3v) is 3.03. The topological polar surface area (TPSA) is 49.7 Å². The Morgan fingerprint density at radius 3 is 2.87 bits per heavy atom. The molecule has 1 atom stereocenters. The molecule has 82 valence electrons. The number of aryl methyl sites for hydroxylation is 1. The van der Waals surface area contributed by atoms with E-state index in [2.05, 4.69) is 0 Å². The highest BCUT2D eigenvalue weighted by molar-refractivity contribution is 5.53. The van der Waals surface area contributed by atoms with E-state index in [1.165, 1.54) is 0 Å². The first-order valence-electron chi connectivity index (χ1n) is 5.23. The zero-order valence-electron chi connectivity index (χ0n) is 9.08. The molecule has 2 rings (SSSR count). The van der Waals surface area contributed by atoms with Gasteiger partial charge in [-0.15, -0.1) is 0 Å². The highest BCUT2D eigenvalue weighted by Gasteiger charge is 2.23. The van der Waals surface area contributed by atoms with Crippen molar-refractivity contribution in [3.05, 3.63) is 22.8 Å². The number of aromatic hydroxyl groups is 1. The average Bonchev–Trinajstić information content (AvgIpc) is 2.25. The zero-order valence-corrected chi connectivity index (χ0v) is 9.08. The molecule has 1 aromatic rings. The molecule has 0 saturated carbocycles. The van der Waals surface area contributed by atoms with Crippen molar-refractivity contribution in [1.82, 2.24) is 0 Å².